The largest absolute Gasteiger partial charge is 0.480 e. The van der Waals surface area contributed by atoms with Crippen molar-refractivity contribution in [2.45, 2.75) is 56.5 Å². The van der Waals surface area contributed by atoms with E-state index in [4.69, 9.17) is 0 Å². The average molecular weight is 275 g/mol. The van der Waals surface area contributed by atoms with Crippen LogP contribution in [0.1, 0.15) is 44.9 Å². The van der Waals surface area contributed by atoms with E-state index in [1.165, 1.54) is 6.42 Å². The Kier molecular flexibility index (Phi) is 3.96. The highest BCUT2D eigenvalue weighted by Crippen LogP contribution is 2.27. The van der Waals surface area contributed by atoms with Crippen LogP contribution in [0.4, 0.5) is 0 Å². The molecule has 2 N–H and O–H groups in total. The maximum Gasteiger partial charge on any atom is 0.324 e. The highest BCUT2D eigenvalue weighted by Gasteiger charge is 2.46. The fourth-order valence-corrected chi connectivity index (χ4v) is 4.93. The smallest absolute Gasteiger partial charge is 0.324 e. The van der Waals surface area contributed by atoms with Crippen LogP contribution in [0.3, 0.4) is 0 Å². The molecule has 0 aromatic heterocycles. The van der Waals surface area contributed by atoms with Gasteiger partial charge in [-0.3, -0.25) is 10.1 Å². The zero-order chi connectivity index (χ0) is 13.2. The van der Waals surface area contributed by atoms with Crippen molar-refractivity contribution in [1.29, 1.82) is 0 Å². The molecule has 1 atom stereocenters. The van der Waals surface area contributed by atoms with Crippen LogP contribution in [-0.2, 0) is 14.6 Å². The molecule has 2 fully saturated rings. The summed E-state index contributed by atoms with van der Waals surface area (Å²) in [5.41, 5.74) is -1.25. The molecule has 0 bridgehead atoms. The van der Waals surface area contributed by atoms with Crippen molar-refractivity contribution in [3.05, 3.63) is 0 Å². The quantitative estimate of drug-likeness (QED) is 0.801. The minimum absolute atomic E-state index is 0.119. The Bertz CT molecular complexity index is 414. The molecule has 1 saturated heterocycles. The number of sulfone groups is 1. The van der Waals surface area contributed by atoms with Crippen LogP contribution in [0, 0.1) is 0 Å². The third-order valence-electron chi connectivity index (χ3n) is 4.02. The molecule has 0 aromatic carbocycles. The normalized spacial score (nSPS) is 33.1. The Labute approximate surface area is 108 Å². The van der Waals surface area contributed by atoms with Crippen LogP contribution in [-0.4, -0.2) is 42.6 Å². The van der Waals surface area contributed by atoms with Crippen LogP contribution in [0.25, 0.3) is 0 Å². The second-order valence-electron chi connectivity index (χ2n) is 5.56. The lowest BCUT2D eigenvalue weighted by atomic mass is 9.89. The van der Waals surface area contributed by atoms with Gasteiger partial charge < -0.3 is 5.11 Å². The van der Waals surface area contributed by atoms with Crippen molar-refractivity contribution in [2.24, 2.45) is 0 Å². The van der Waals surface area contributed by atoms with Gasteiger partial charge in [0.15, 0.2) is 9.84 Å². The summed E-state index contributed by atoms with van der Waals surface area (Å²) in [6.07, 6.45) is 6.15. The van der Waals surface area contributed by atoms with Gasteiger partial charge in [-0.1, -0.05) is 19.3 Å². The van der Waals surface area contributed by atoms with Gasteiger partial charge in [-0.2, -0.15) is 0 Å². The minimum Gasteiger partial charge on any atom is -0.480 e. The molecule has 0 radical (unpaired) electrons. The molecule has 0 amide bonds. The number of rotatable bonds is 3. The van der Waals surface area contributed by atoms with Gasteiger partial charge in [0.25, 0.3) is 0 Å². The molecule has 18 heavy (non-hydrogen) atoms. The summed E-state index contributed by atoms with van der Waals surface area (Å²) in [5.74, 6) is -1.16. The number of carbonyl (C=O) groups is 1. The van der Waals surface area contributed by atoms with Gasteiger partial charge >= 0.3 is 5.97 Å². The van der Waals surface area contributed by atoms with E-state index in [9.17, 15) is 18.3 Å². The summed E-state index contributed by atoms with van der Waals surface area (Å²) < 4.78 is 23.4. The SMILES string of the molecule is O=C(O)C1(NC2CCCCC2)CCCS(=O)(=O)C1. The number of nitrogens with one attached hydrogen (secondary N) is 1. The molecule has 1 aliphatic carbocycles. The van der Waals surface area contributed by atoms with E-state index in [0.29, 0.717) is 12.8 Å². The van der Waals surface area contributed by atoms with Crippen molar-refractivity contribution in [2.75, 3.05) is 11.5 Å². The molecule has 1 heterocycles. The van der Waals surface area contributed by atoms with E-state index in [1.54, 1.807) is 0 Å². The first kappa shape index (κ1) is 13.8. The highest BCUT2D eigenvalue weighted by molar-refractivity contribution is 7.91. The number of carboxylic acid groups (broad SMARTS) is 1. The van der Waals surface area contributed by atoms with Gasteiger partial charge in [-0.25, -0.2) is 8.42 Å². The number of aliphatic carboxylic acids is 1. The Balaban J connectivity index is 2.13. The van der Waals surface area contributed by atoms with E-state index in [-0.39, 0.29) is 17.5 Å². The van der Waals surface area contributed by atoms with Gasteiger partial charge in [0, 0.05) is 6.04 Å². The van der Waals surface area contributed by atoms with Crippen molar-refractivity contribution < 1.29 is 18.3 Å². The van der Waals surface area contributed by atoms with Crippen LogP contribution in [0.15, 0.2) is 0 Å². The second kappa shape index (κ2) is 5.17. The summed E-state index contributed by atoms with van der Waals surface area (Å²) in [4.78, 5) is 11.5. The maximum absolute atomic E-state index is 11.7. The third kappa shape index (κ3) is 3.03. The van der Waals surface area contributed by atoms with E-state index >= 15 is 0 Å². The highest BCUT2D eigenvalue weighted by atomic mass is 32.2. The van der Waals surface area contributed by atoms with Gasteiger partial charge in [-0.15, -0.1) is 0 Å². The fraction of sp³-hybridized carbons (Fsp3) is 0.917. The minimum atomic E-state index is -3.23. The fourth-order valence-electron chi connectivity index (χ4n) is 3.10. The van der Waals surface area contributed by atoms with E-state index in [0.717, 1.165) is 25.7 Å². The van der Waals surface area contributed by atoms with Crippen molar-refractivity contribution in [3.63, 3.8) is 0 Å². The summed E-state index contributed by atoms with van der Waals surface area (Å²) in [5, 5.41) is 12.6. The maximum atomic E-state index is 11.7. The van der Waals surface area contributed by atoms with Gasteiger partial charge in [0.05, 0.1) is 11.5 Å². The van der Waals surface area contributed by atoms with Crippen LogP contribution in [0.5, 0.6) is 0 Å². The molecule has 104 valence electrons. The average Bonchev–Trinajstić information content (AvgIpc) is 2.28. The molecule has 0 aromatic rings. The Morgan fingerprint density at radius 2 is 1.83 bits per heavy atom. The zero-order valence-electron chi connectivity index (χ0n) is 10.5. The van der Waals surface area contributed by atoms with Crippen molar-refractivity contribution in [3.8, 4) is 0 Å². The summed E-state index contributed by atoms with van der Waals surface area (Å²) >= 11 is 0. The van der Waals surface area contributed by atoms with Gasteiger partial charge in [-0.05, 0) is 25.7 Å². The predicted octanol–water partition coefficient (Wildman–Crippen LogP) is 0.941. The monoisotopic (exact) mass is 275 g/mol. The lowest BCUT2D eigenvalue weighted by Crippen LogP contribution is -2.62. The summed E-state index contributed by atoms with van der Waals surface area (Å²) in [7, 11) is -3.23. The molecular formula is C12H21NO4S. The number of hydrogen-bond acceptors (Lipinski definition) is 4. The van der Waals surface area contributed by atoms with E-state index in [2.05, 4.69) is 5.32 Å². The zero-order valence-corrected chi connectivity index (χ0v) is 11.3. The molecule has 1 aliphatic heterocycles. The molecule has 2 aliphatic rings. The van der Waals surface area contributed by atoms with E-state index < -0.39 is 21.3 Å². The number of hydrogen-bond donors (Lipinski definition) is 2. The first-order valence-electron chi connectivity index (χ1n) is 6.65. The van der Waals surface area contributed by atoms with Crippen molar-refractivity contribution in [1.82, 2.24) is 5.32 Å². The lowest BCUT2D eigenvalue weighted by Gasteiger charge is -2.38. The first-order valence-corrected chi connectivity index (χ1v) is 8.47. The molecule has 6 heteroatoms. The molecule has 5 nitrogen and oxygen atoms in total. The van der Waals surface area contributed by atoms with Crippen LogP contribution < -0.4 is 5.32 Å². The number of carboxylic acids is 1. The van der Waals surface area contributed by atoms with Crippen LogP contribution in [0.2, 0.25) is 0 Å². The second-order valence-corrected chi connectivity index (χ2v) is 7.75. The van der Waals surface area contributed by atoms with Crippen LogP contribution >= 0.6 is 0 Å². The third-order valence-corrected chi connectivity index (χ3v) is 5.86. The molecular weight excluding hydrogens is 254 g/mol. The lowest BCUT2D eigenvalue weighted by molar-refractivity contribution is -0.145. The molecule has 0 spiro atoms. The molecule has 2 rings (SSSR count). The summed E-state index contributed by atoms with van der Waals surface area (Å²) in [6.45, 7) is 0. The molecule has 1 unspecified atom stereocenters. The molecule has 1 saturated carbocycles. The summed E-state index contributed by atoms with van der Waals surface area (Å²) in [6, 6.07) is 0.156. The standard InChI is InChI=1S/C12H21NO4S/c14-11(15)12(7-4-8-18(16,17)9-12)13-10-5-2-1-3-6-10/h10,13H,1-9H2,(H,14,15). The topological polar surface area (TPSA) is 83.5 Å². The van der Waals surface area contributed by atoms with Crippen molar-refractivity contribution >= 4 is 15.8 Å². The predicted molar refractivity (Wildman–Crippen MR) is 68.3 cm³/mol. The Hall–Kier alpha value is -0.620. The van der Waals surface area contributed by atoms with Gasteiger partial charge in [0.1, 0.15) is 5.54 Å². The first-order chi connectivity index (χ1) is 8.44. The Morgan fingerprint density at radius 3 is 2.39 bits per heavy atom. The van der Waals surface area contributed by atoms with E-state index in [1.807, 2.05) is 0 Å². The van der Waals surface area contributed by atoms with Gasteiger partial charge in [0.2, 0.25) is 0 Å². The Morgan fingerprint density at radius 1 is 1.17 bits per heavy atom.